The monoisotopic (exact) mass is 337 g/mol. The number of fused-ring (bicyclic) bond motifs is 3. The molecule has 2 atom stereocenters. The van der Waals surface area contributed by atoms with Crippen LogP contribution in [-0.2, 0) is 20.6 Å². The summed E-state index contributed by atoms with van der Waals surface area (Å²) in [6.45, 7) is 4.89. The van der Waals surface area contributed by atoms with Crippen molar-refractivity contribution in [3.8, 4) is 0 Å². The molecule has 1 N–H and O–H groups in total. The maximum Gasteiger partial charge on any atom is 0.226 e. The van der Waals surface area contributed by atoms with Gasteiger partial charge >= 0.3 is 0 Å². The Kier molecular flexibility index (Phi) is 4.70. The number of rotatable bonds is 4. The number of hydrogen-bond acceptors (Lipinski definition) is 4. The van der Waals surface area contributed by atoms with Gasteiger partial charge in [-0.15, -0.1) is 0 Å². The van der Waals surface area contributed by atoms with Crippen molar-refractivity contribution in [1.29, 1.82) is 0 Å². The fraction of sp³-hybridized carbons (Fsp3) is 0.562. The number of amides is 1. The molecule has 2 heterocycles. The van der Waals surface area contributed by atoms with Crippen molar-refractivity contribution in [2.45, 2.75) is 18.7 Å². The number of hydrogen-bond donors (Lipinski definition) is 1. The lowest BCUT2D eigenvalue weighted by molar-refractivity contribution is -0.124. The SMILES string of the molecule is CCN1C[C@H]2CN(S(=O)(=O)Cc3ccccc3)C[C@@H](C1)C(=O)N2. The van der Waals surface area contributed by atoms with Gasteiger partial charge in [0.25, 0.3) is 0 Å². The molecule has 2 aliphatic heterocycles. The number of benzene rings is 1. The highest BCUT2D eigenvalue weighted by Gasteiger charge is 2.39. The molecular weight excluding hydrogens is 314 g/mol. The van der Waals surface area contributed by atoms with E-state index in [1.807, 2.05) is 30.3 Å². The third-order valence-electron chi connectivity index (χ3n) is 4.55. The molecule has 6 nitrogen and oxygen atoms in total. The molecule has 1 amide bonds. The first kappa shape index (κ1) is 16.4. The zero-order chi connectivity index (χ0) is 16.4. The lowest BCUT2D eigenvalue weighted by Crippen LogP contribution is -2.49. The fourth-order valence-corrected chi connectivity index (χ4v) is 4.93. The molecule has 3 rings (SSSR count). The minimum atomic E-state index is -3.43. The second-order valence-electron chi connectivity index (χ2n) is 6.31. The van der Waals surface area contributed by atoms with Gasteiger partial charge in [-0.25, -0.2) is 8.42 Å². The number of carbonyl (C=O) groups excluding carboxylic acids is 1. The topological polar surface area (TPSA) is 69.7 Å². The van der Waals surface area contributed by atoms with E-state index in [4.69, 9.17) is 0 Å². The number of nitrogens with zero attached hydrogens (tertiary/aromatic N) is 2. The molecule has 1 aromatic carbocycles. The summed E-state index contributed by atoms with van der Waals surface area (Å²) in [4.78, 5) is 14.4. The predicted octanol–water partition coefficient (Wildman–Crippen LogP) is 0.269. The Hall–Kier alpha value is -1.44. The minimum absolute atomic E-state index is 0.0149. The normalized spacial score (nSPS) is 26.6. The Balaban J connectivity index is 1.80. The van der Waals surface area contributed by atoms with Crippen LogP contribution in [0.15, 0.2) is 30.3 Å². The highest BCUT2D eigenvalue weighted by atomic mass is 32.2. The van der Waals surface area contributed by atoms with Crippen molar-refractivity contribution in [3.63, 3.8) is 0 Å². The number of carbonyl (C=O) groups is 1. The van der Waals surface area contributed by atoms with Gasteiger partial charge in [-0.05, 0) is 12.1 Å². The molecule has 1 aromatic rings. The van der Waals surface area contributed by atoms with Gasteiger partial charge < -0.3 is 10.2 Å². The molecule has 2 bridgehead atoms. The first-order chi connectivity index (χ1) is 11.0. The molecule has 0 radical (unpaired) electrons. The first-order valence-electron chi connectivity index (χ1n) is 8.02. The second kappa shape index (κ2) is 6.59. The third-order valence-corrected chi connectivity index (χ3v) is 6.34. The lowest BCUT2D eigenvalue weighted by Gasteiger charge is -2.32. The molecule has 0 spiro atoms. The maximum atomic E-state index is 12.8. The first-order valence-corrected chi connectivity index (χ1v) is 9.63. The van der Waals surface area contributed by atoms with Crippen LogP contribution in [0.25, 0.3) is 0 Å². The van der Waals surface area contributed by atoms with Crippen LogP contribution in [0.3, 0.4) is 0 Å². The van der Waals surface area contributed by atoms with Crippen molar-refractivity contribution in [1.82, 2.24) is 14.5 Å². The Bertz CT molecular complexity index is 662. The van der Waals surface area contributed by atoms with E-state index in [0.29, 0.717) is 19.6 Å². The van der Waals surface area contributed by atoms with Crippen molar-refractivity contribution >= 4 is 15.9 Å². The molecular formula is C16H23N3O3S. The van der Waals surface area contributed by atoms with Crippen LogP contribution in [0.2, 0.25) is 0 Å². The molecule has 2 fully saturated rings. The molecule has 7 heteroatoms. The van der Waals surface area contributed by atoms with Crippen molar-refractivity contribution in [3.05, 3.63) is 35.9 Å². The zero-order valence-corrected chi connectivity index (χ0v) is 14.1. The smallest absolute Gasteiger partial charge is 0.226 e. The van der Waals surface area contributed by atoms with Crippen LogP contribution in [-0.4, -0.2) is 62.3 Å². The fourth-order valence-electron chi connectivity index (χ4n) is 3.32. The van der Waals surface area contributed by atoms with E-state index < -0.39 is 10.0 Å². The van der Waals surface area contributed by atoms with Gasteiger partial charge in [0.05, 0.1) is 17.7 Å². The maximum absolute atomic E-state index is 12.8. The highest BCUT2D eigenvalue weighted by molar-refractivity contribution is 7.88. The molecule has 0 aliphatic carbocycles. The summed E-state index contributed by atoms with van der Waals surface area (Å²) in [5, 5.41) is 2.98. The summed E-state index contributed by atoms with van der Waals surface area (Å²) in [6.07, 6.45) is 0. The number of nitrogens with one attached hydrogen (secondary N) is 1. The summed E-state index contributed by atoms with van der Waals surface area (Å²) in [6, 6.07) is 9.05. The van der Waals surface area contributed by atoms with E-state index in [-0.39, 0.29) is 30.2 Å². The van der Waals surface area contributed by atoms with E-state index in [2.05, 4.69) is 17.1 Å². The Morgan fingerprint density at radius 1 is 1.13 bits per heavy atom. The molecule has 2 aliphatic rings. The predicted molar refractivity (Wildman–Crippen MR) is 88.2 cm³/mol. The average Bonchev–Trinajstić information content (AvgIpc) is 2.74. The van der Waals surface area contributed by atoms with Crippen molar-refractivity contribution in [2.24, 2.45) is 5.92 Å². The van der Waals surface area contributed by atoms with Crippen LogP contribution in [0, 0.1) is 5.92 Å². The largest absolute Gasteiger partial charge is 0.350 e. The van der Waals surface area contributed by atoms with Gasteiger partial charge in [0.2, 0.25) is 15.9 Å². The summed E-state index contributed by atoms with van der Waals surface area (Å²) in [5.74, 6) is -0.338. The van der Waals surface area contributed by atoms with Crippen LogP contribution >= 0.6 is 0 Å². The standard InChI is InChI=1S/C16H23N3O3S/c1-2-18-8-14-9-19(11-15(10-18)17-16(14)20)23(21,22)12-13-6-4-3-5-7-13/h3-7,14-15H,2,8-12H2,1H3,(H,17,20)/t14-,15+/m1/s1. The second-order valence-corrected chi connectivity index (χ2v) is 8.28. The van der Waals surface area contributed by atoms with Crippen LogP contribution in [0.5, 0.6) is 0 Å². The van der Waals surface area contributed by atoms with Gasteiger partial charge in [-0.3, -0.25) is 4.79 Å². The van der Waals surface area contributed by atoms with Gasteiger partial charge in [0.15, 0.2) is 0 Å². The summed E-state index contributed by atoms with van der Waals surface area (Å²) >= 11 is 0. The summed E-state index contributed by atoms with van der Waals surface area (Å²) in [5.41, 5.74) is 0.774. The van der Waals surface area contributed by atoms with E-state index >= 15 is 0 Å². The van der Waals surface area contributed by atoms with Crippen LogP contribution < -0.4 is 5.32 Å². The van der Waals surface area contributed by atoms with Gasteiger partial charge in [0, 0.05) is 26.2 Å². The third kappa shape index (κ3) is 3.73. The highest BCUT2D eigenvalue weighted by Crippen LogP contribution is 2.20. The number of sulfonamides is 1. The quantitative estimate of drug-likeness (QED) is 0.856. The van der Waals surface area contributed by atoms with Gasteiger partial charge in [-0.2, -0.15) is 4.31 Å². The molecule has 126 valence electrons. The molecule has 0 saturated carbocycles. The van der Waals surface area contributed by atoms with Gasteiger partial charge in [0.1, 0.15) is 0 Å². The lowest BCUT2D eigenvalue weighted by atomic mass is 10.1. The summed E-state index contributed by atoms with van der Waals surface area (Å²) < 4.78 is 27.0. The number of likely N-dealkylation sites (N-methyl/N-ethyl adjacent to an activating group) is 1. The van der Waals surface area contributed by atoms with Gasteiger partial charge in [-0.1, -0.05) is 37.3 Å². The van der Waals surface area contributed by atoms with Crippen LogP contribution in [0.1, 0.15) is 12.5 Å². The van der Waals surface area contributed by atoms with Crippen molar-refractivity contribution in [2.75, 3.05) is 32.7 Å². The Labute approximate surface area is 137 Å². The molecule has 0 unspecified atom stereocenters. The molecule has 23 heavy (non-hydrogen) atoms. The average molecular weight is 337 g/mol. The zero-order valence-electron chi connectivity index (χ0n) is 13.3. The molecule has 0 aromatic heterocycles. The Morgan fingerprint density at radius 2 is 1.87 bits per heavy atom. The van der Waals surface area contributed by atoms with Crippen LogP contribution in [0.4, 0.5) is 0 Å². The van der Waals surface area contributed by atoms with E-state index in [0.717, 1.165) is 12.1 Å². The van der Waals surface area contributed by atoms with E-state index in [1.54, 1.807) is 0 Å². The van der Waals surface area contributed by atoms with E-state index in [1.165, 1.54) is 4.31 Å². The van der Waals surface area contributed by atoms with E-state index in [9.17, 15) is 13.2 Å². The summed E-state index contributed by atoms with van der Waals surface area (Å²) in [7, 11) is -3.43. The Morgan fingerprint density at radius 3 is 2.57 bits per heavy atom. The van der Waals surface area contributed by atoms with Crippen molar-refractivity contribution < 1.29 is 13.2 Å². The minimum Gasteiger partial charge on any atom is -0.350 e. The molecule has 2 saturated heterocycles.